The monoisotopic (exact) mass is 337 g/mol. The Morgan fingerprint density at radius 3 is 2.58 bits per heavy atom. The predicted octanol–water partition coefficient (Wildman–Crippen LogP) is 3.04. The Kier molecular flexibility index (Phi) is 5.40. The van der Waals surface area contributed by atoms with E-state index in [0.717, 1.165) is 45.3 Å². The van der Waals surface area contributed by atoms with Crippen molar-refractivity contribution < 1.29 is 9.53 Å². The lowest BCUT2D eigenvalue weighted by Gasteiger charge is -2.55. The van der Waals surface area contributed by atoms with Crippen LogP contribution in [0.3, 0.4) is 0 Å². The summed E-state index contributed by atoms with van der Waals surface area (Å²) in [6.45, 7) is 8.96. The van der Waals surface area contributed by atoms with Crippen LogP contribution in [0.25, 0.3) is 0 Å². The number of carbonyl (C=O) groups excluding carboxylic acids is 1. The maximum absolute atomic E-state index is 12.6. The van der Waals surface area contributed by atoms with Crippen molar-refractivity contribution in [1.82, 2.24) is 15.5 Å². The minimum Gasteiger partial charge on any atom is -0.444 e. The van der Waals surface area contributed by atoms with Gasteiger partial charge in [-0.15, -0.1) is 0 Å². The van der Waals surface area contributed by atoms with E-state index in [1.807, 2.05) is 20.8 Å². The highest BCUT2D eigenvalue weighted by Crippen LogP contribution is 2.45. The zero-order chi connectivity index (χ0) is 17.2. The van der Waals surface area contributed by atoms with Crippen LogP contribution in [0, 0.1) is 0 Å². The summed E-state index contributed by atoms with van der Waals surface area (Å²) in [5.41, 5.74) is -0.355. The van der Waals surface area contributed by atoms with Crippen molar-refractivity contribution in [2.24, 2.45) is 0 Å². The van der Waals surface area contributed by atoms with Gasteiger partial charge in [0.15, 0.2) is 0 Å². The van der Waals surface area contributed by atoms with Gasteiger partial charge in [0, 0.05) is 24.2 Å². The van der Waals surface area contributed by atoms with Gasteiger partial charge in [0.05, 0.1) is 0 Å². The molecule has 138 valence electrons. The first-order valence-corrected chi connectivity index (χ1v) is 9.85. The third-order valence-electron chi connectivity index (χ3n) is 5.85. The third-order valence-corrected chi connectivity index (χ3v) is 5.85. The highest BCUT2D eigenvalue weighted by molar-refractivity contribution is 5.69. The van der Waals surface area contributed by atoms with E-state index in [2.05, 4.69) is 15.5 Å². The van der Waals surface area contributed by atoms with E-state index in [9.17, 15) is 4.79 Å². The molecule has 0 bridgehead atoms. The van der Waals surface area contributed by atoms with Gasteiger partial charge in [0.25, 0.3) is 0 Å². The molecule has 2 atom stereocenters. The Balaban J connectivity index is 1.59. The number of hydrogen-bond donors (Lipinski definition) is 2. The van der Waals surface area contributed by atoms with Crippen molar-refractivity contribution in [3.63, 3.8) is 0 Å². The normalized spacial score (nSPS) is 30.5. The standard InChI is InChI=1S/C19H35N3O2/c1-18(2,3)24-17(23)22-13-8-16(14-19(22)9-5-10-19)21-15-6-4-11-20-12-7-15/h15-16,20-21H,4-14H2,1-3H3. The Morgan fingerprint density at radius 2 is 1.92 bits per heavy atom. The number of piperidine rings is 1. The number of nitrogens with zero attached hydrogens (tertiary/aromatic N) is 1. The molecular formula is C19H35N3O2. The van der Waals surface area contributed by atoms with E-state index in [4.69, 9.17) is 4.74 Å². The van der Waals surface area contributed by atoms with Crippen molar-refractivity contribution in [2.45, 2.75) is 95.4 Å². The molecule has 3 aliphatic rings. The lowest BCUT2D eigenvalue weighted by molar-refractivity contribution is -0.0501. The summed E-state index contributed by atoms with van der Waals surface area (Å²) < 4.78 is 5.67. The van der Waals surface area contributed by atoms with Crippen LogP contribution in [-0.2, 0) is 4.74 Å². The average molecular weight is 338 g/mol. The second-order valence-electron chi connectivity index (χ2n) is 8.94. The Morgan fingerprint density at radius 1 is 1.12 bits per heavy atom. The van der Waals surface area contributed by atoms with Gasteiger partial charge in [-0.1, -0.05) is 0 Å². The first-order valence-electron chi connectivity index (χ1n) is 9.85. The van der Waals surface area contributed by atoms with Crippen LogP contribution in [0.15, 0.2) is 0 Å². The number of ether oxygens (including phenoxy) is 1. The maximum Gasteiger partial charge on any atom is 0.410 e. The Hall–Kier alpha value is -0.810. The molecule has 2 heterocycles. The first-order chi connectivity index (χ1) is 11.4. The molecule has 2 saturated heterocycles. The fraction of sp³-hybridized carbons (Fsp3) is 0.947. The smallest absolute Gasteiger partial charge is 0.410 e. The van der Waals surface area contributed by atoms with Gasteiger partial charge in [-0.05, 0) is 85.2 Å². The molecule has 2 N–H and O–H groups in total. The lowest BCUT2D eigenvalue weighted by atomic mass is 9.69. The topological polar surface area (TPSA) is 53.6 Å². The van der Waals surface area contributed by atoms with E-state index in [1.54, 1.807) is 0 Å². The van der Waals surface area contributed by atoms with Crippen LogP contribution >= 0.6 is 0 Å². The molecule has 0 aromatic rings. The highest BCUT2D eigenvalue weighted by Gasteiger charge is 2.49. The van der Waals surface area contributed by atoms with Crippen LogP contribution in [0.2, 0.25) is 0 Å². The van der Waals surface area contributed by atoms with Crippen molar-refractivity contribution in [3.05, 3.63) is 0 Å². The molecule has 3 fully saturated rings. The zero-order valence-electron chi connectivity index (χ0n) is 15.7. The van der Waals surface area contributed by atoms with Gasteiger partial charge >= 0.3 is 6.09 Å². The predicted molar refractivity (Wildman–Crippen MR) is 96.2 cm³/mol. The van der Waals surface area contributed by atoms with E-state index in [1.165, 1.54) is 25.7 Å². The van der Waals surface area contributed by atoms with Crippen molar-refractivity contribution >= 4 is 6.09 Å². The molecule has 1 aliphatic carbocycles. The molecule has 24 heavy (non-hydrogen) atoms. The summed E-state index contributed by atoms with van der Waals surface area (Å²) in [5, 5.41) is 7.40. The van der Waals surface area contributed by atoms with Gasteiger partial charge in [-0.2, -0.15) is 0 Å². The molecule has 2 unspecified atom stereocenters. The molecule has 0 aromatic carbocycles. The number of hydrogen-bond acceptors (Lipinski definition) is 4. The molecule has 1 spiro atoms. The van der Waals surface area contributed by atoms with Crippen LogP contribution in [0.5, 0.6) is 0 Å². The Bertz CT molecular complexity index is 434. The van der Waals surface area contributed by atoms with Crippen molar-refractivity contribution in [2.75, 3.05) is 19.6 Å². The summed E-state index contributed by atoms with van der Waals surface area (Å²) >= 11 is 0. The van der Waals surface area contributed by atoms with Crippen molar-refractivity contribution in [1.29, 1.82) is 0 Å². The molecule has 5 nitrogen and oxygen atoms in total. The molecule has 2 aliphatic heterocycles. The Labute approximate surface area is 146 Å². The number of likely N-dealkylation sites (tertiary alicyclic amines) is 1. The number of amides is 1. The summed E-state index contributed by atoms with van der Waals surface area (Å²) in [6, 6.07) is 1.18. The summed E-state index contributed by atoms with van der Waals surface area (Å²) in [5.74, 6) is 0. The summed E-state index contributed by atoms with van der Waals surface area (Å²) in [6.07, 6.45) is 9.29. The molecule has 0 aromatic heterocycles. The van der Waals surface area contributed by atoms with Crippen LogP contribution in [0.4, 0.5) is 4.79 Å². The highest BCUT2D eigenvalue weighted by atomic mass is 16.6. The minimum absolute atomic E-state index is 0.0568. The average Bonchev–Trinajstić information content (AvgIpc) is 2.72. The lowest BCUT2D eigenvalue weighted by Crippen LogP contribution is -2.64. The zero-order valence-corrected chi connectivity index (χ0v) is 15.7. The third kappa shape index (κ3) is 4.23. The van der Waals surface area contributed by atoms with E-state index in [-0.39, 0.29) is 11.6 Å². The molecular weight excluding hydrogens is 302 g/mol. The molecule has 5 heteroatoms. The molecule has 1 amide bonds. The SMILES string of the molecule is CC(C)(C)OC(=O)N1CCC(NC2CCCNCC2)CC12CCC2. The largest absolute Gasteiger partial charge is 0.444 e. The molecule has 1 saturated carbocycles. The van der Waals surface area contributed by atoms with Gasteiger partial charge in [-0.3, -0.25) is 0 Å². The van der Waals surface area contributed by atoms with Crippen LogP contribution < -0.4 is 10.6 Å². The summed E-state index contributed by atoms with van der Waals surface area (Å²) in [4.78, 5) is 14.7. The van der Waals surface area contributed by atoms with Gasteiger partial charge in [0.1, 0.15) is 5.60 Å². The maximum atomic E-state index is 12.6. The molecule has 0 radical (unpaired) electrons. The van der Waals surface area contributed by atoms with Gasteiger partial charge in [0.2, 0.25) is 0 Å². The van der Waals surface area contributed by atoms with Crippen LogP contribution in [-0.4, -0.2) is 53.9 Å². The second kappa shape index (κ2) is 7.20. The van der Waals surface area contributed by atoms with Gasteiger partial charge in [-0.25, -0.2) is 4.79 Å². The quantitative estimate of drug-likeness (QED) is 0.813. The number of rotatable bonds is 2. The van der Waals surface area contributed by atoms with E-state index in [0.29, 0.717) is 12.1 Å². The number of nitrogens with one attached hydrogen (secondary N) is 2. The first kappa shape index (κ1) is 18.0. The fourth-order valence-corrected chi connectivity index (χ4v) is 4.52. The van der Waals surface area contributed by atoms with Crippen molar-refractivity contribution in [3.8, 4) is 0 Å². The fourth-order valence-electron chi connectivity index (χ4n) is 4.52. The minimum atomic E-state index is -0.412. The second-order valence-corrected chi connectivity index (χ2v) is 8.94. The van der Waals surface area contributed by atoms with E-state index >= 15 is 0 Å². The summed E-state index contributed by atoms with van der Waals surface area (Å²) in [7, 11) is 0. The number of carbonyl (C=O) groups is 1. The van der Waals surface area contributed by atoms with Crippen LogP contribution in [0.1, 0.15) is 72.1 Å². The molecule has 3 rings (SSSR count). The van der Waals surface area contributed by atoms with E-state index < -0.39 is 5.60 Å². The van der Waals surface area contributed by atoms with Gasteiger partial charge < -0.3 is 20.3 Å².